The molecule has 0 fully saturated rings. The van der Waals surface area contributed by atoms with Gasteiger partial charge in [0.25, 0.3) is 0 Å². The molecule has 0 bridgehead atoms. The summed E-state index contributed by atoms with van der Waals surface area (Å²) in [6.07, 6.45) is 2.74. The Labute approximate surface area is 75.1 Å². The molecule has 6 heteroatoms. The molecule has 0 unspecified atom stereocenters. The van der Waals surface area contributed by atoms with E-state index < -0.39 is 4.92 Å². The third-order valence-electron chi connectivity index (χ3n) is 1.58. The zero-order chi connectivity index (χ0) is 9.84. The van der Waals surface area contributed by atoms with Crippen LogP contribution in [0.25, 0.3) is 0 Å². The van der Waals surface area contributed by atoms with Crippen molar-refractivity contribution in [3.05, 3.63) is 22.1 Å². The first-order valence-electron chi connectivity index (χ1n) is 3.82. The number of nitrogens with zero attached hydrogens (tertiary/aromatic N) is 4. The highest BCUT2D eigenvalue weighted by molar-refractivity contribution is 5.75. The van der Waals surface area contributed by atoms with Gasteiger partial charge in [-0.05, 0) is 11.8 Å². The fourth-order valence-corrected chi connectivity index (χ4v) is 0.877. The molecule has 6 nitrogen and oxygen atoms in total. The van der Waals surface area contributed by atoms with Gasteiger partial charge in [0.15, 0.2) is 0 Å². The Morgan fingerprint density at radius 3 is 3.00 bits per heavy atom. The van der Waals surface area contributed by atoms with Gasteiger partial charge in [-0.1, -0.05) is 0 Å². The highest BCUT2D eigenvalue weighted by atomic mass is 16.6. The molecule has 0 aliphatic heterocycles. The summed E-state index contributed by atoms with van der Waals surface area (Å²) in [5.74, 6) is 0.464. The third kappa shape index (κ3) is 1.90. The van der Waals surface area contributed by atoms with Crippen LogP contribution in [0.4, 0.5) is 5.82 Å². The summed E-state index contributed by atoms with van der Waals surface area (Å²) in [4.78, 5) is 17.7. The van der Waals surface area contributed by atoms with Gasteiger partial charge in [0.2, 0.25) is 5.82 Å². The number of hydrogen-bond acceptors (Lipinski definition) is 4. The van der Waals surface area contributed by atoms with Crippen molar-refractivity contribution in [3.8, 4) is 0 Å². The molecule has 0 aromatic carbocycles. The molecule has 0 saturated carbocycles. The number of aliphatic imine (C=N–C) groups is 1. The average Bonchev–Trinajstić information content (AvgIpc) is 2.43. The Bertz CT molecular complexity index is 342. The van der Waals surface area contributed by atoms with E-state index in [4.69, 9.17) is 0 Å². The minimum absolute atomic E-state index is 0.0300. The molecule has 13 heavy (non-hydrogen) atoms. The molecule has 0 saturated heterocycles. The minimum Gasteiger partial charge on any atom is -0.358 e. The van der Waals surface area contributed by atoms with Crippen LogP contribution in [0.3, 0.4) is 0 Å². The van der Waals surface area contributed by atoms with Crippen molar-refractivity contribution in [3.63, 3.8) is 0 Å². The Balaban J connectivity index is 2.99. The SMILES string of the molecule is CC/N=C/c1ncc([N+](=O)[O-])n1C. The first-order valence-corrected chi connectivity index (χ1v) is 3.82. The summed E-state index contributed by atoms with van der Waals surface area (Å²) in [5.41, 5.74) is 0. The summed E-state index contributed by atoms with van der Waals surface area (Å²) >= 11 is 0. The van der Waals surface area contributed by atoms with Crippen molar-refractivity contribution < 1.29 is 4.92 Å². The van der Waals surface area contributed by atoms with Crippen LogP contribution in [0.15, 0.2) is 11.2 Å². The van der Waals surface area contributed by atoms with Crippen LogP contribution in [-0.4, -0.2) is 27.2 Å². The first-order chi connectivity index (χ1) is 6.16. The van der Waals surface area contributed by atoms with E-state index in [0.717, 1.165) is 0 Å². The lowest BCUT2D eigenvalue weighted by molar-refractivity contribution is -0.391. The molecule has 1 rings (SSSR count). The van der Waals surface area contributed by atoms with Crippen LogP contribution in [0, 0.1) is 10.1 Å². The lowest BCUT2D eigenvalue weighted by Crippen LogP contribution is -2.01. The molecular weight excluding hydrogens is 172 g/mol. The van der Waals surface area contributed by atoms with Gasteiger partial charge in [-0.3, -0.25) is 4.99 Å². The smallest absolute Gasteiger partial charge is 0.342 e. The van der Waals surface area contributed by atoms with E-state index in [1.807, 2.05) is 6.92 Å². The molecular formula is C7H10N4O2. The summed E-state index contributed by atoms with van der Waals surface area (Å²) in [5, 5.41) is 10.4. The first kappa shape index (κ1) is 9.37. The van der Waals surface area contributed by atoms with Gasteiger partial charge in [-0.25, -0.2) is 9.55 Å². The van der Waals surface area contributed by atoms with Crippen molar-refractivity contribution in [1.29, 1.82) is 0 Å². The molecule has 0 radical (unpaired) electrons. The quantitative estimate of drug-likeness (QED) is 0.393. The normalized spacial score (nSPS) is 10.9. The van der Waals surface area contributed by atoms with Crippen molar-refractivity contribution in [2.45, 2.75) is 6.92 Å². The molecule has 0 N–H and O–H groups in total. The average molecular weight is 182 g/mol. The second-order valence-corrected chi connectivity index (χ2v) is 2.42. The highest BCUT2D eigenvalue weighted by Crippen LogP contribution is 2.09. The largest absolute Gasteiger partial charge is 0.358 e. The maximum atomic E-state index is 10.4. The molecule has 1 aromatic heterocycles. The molecule has 1 aromatic rings. The number of imidazole rings is 1. The van der Waals surface area contributed by atoms with Crippen molar-refractivity contribution >= 4 is 12.0 Å². The Kier molecular flexibility index (Phi) is 2.73. The number of aromatic nitrogens is 2. The monoisotopic (exact) mass is 182 g/mol. The minimum atomic E-state index is -0.476. The standard InChI is InChI=1S/C7H10N4O2/c1-3-8-4-6-9-5-7(10(6)2)11(12)13/h4-5H,3H2,1-2H3/b8-4+. The number of nitro groups is 1. The van der Waals surface area contributed by atoms with Gasteiger partial charge >= 0.3 is 5.82 Å². The number of rotatable bonds is 3. The predicted molar refractivity (Wildman–Crippen MR) is 48.0 cm³/mol. The maximum Gasteiger partial charge on any atom is 0.342 e. The van der Waals surface area contributed by atoms with Gasteiger partial charge in [-0.15, -0.1) is 0 Å². The van der Waals surface area contributed by atoms with Crippen LogP contribution in [0.2, 0.25) is 0 Å². The zero-order valence-electron chi connectivity index (χ0n) is 7.47. The second kappa shape index (κ2) is 3.79. The lowest BCUT2D eigenvalue weighted by atomic mass is 10.6. The van der Waals surface area contributed by atoms with E-state index in [1.165, 1.54) is 17.0 Å². The van der Waals surface area contributed by atoms with Crippen LogP contribution in [-0.2, 0) is 7.05 Å². The van der Waals surface area contributed by atoms with Crippen molar-refractivity contribution in [2.24, 2.45) is 12.0 Å². The van der Waals surface area contributed by atoms with Crippen LogP contribution < -0.4 is 0 Å². The molecule has 0 aliphatic carbocycles. The van der Waals surface area contributed by atoms with Gasteiger partial charge in [-0.2, -0.15) is 0 Å². The van der Waals surface area contributed by atoms with E-state index in [1.54, 1.807) is 7.05 Å². The fraction of sp³-hybridized carbons (Fsp3) is 0.429. The summed E-state index contributed by atoms with van der Waals surface area (Å²) < 4.78 is 1.39. The zero-order valence-corrected chi connectivity index (χ0v) is 7.47. The van der Waals surface area contributed by atoms with E-state index in [9.17, 15) is 10.1 Å². The van der Waals surface area contributed by atoms with E-state index in [0.29, 0.717) is 12.4 Å². The second-order valence-electron chi connectivity index (χ2n) is 2.42. The van der Waals surface area contributed by atoms with Crippen molar-refractivity contribution in [1.82, 2.24) is 9.55 Å². The third-order valence-corrected chi connectivity index (χ3v) is 1.58. The van der Waals surface area contributed by atoms with Crippen LogP contribution in [0.5, 0.6) is 0 Å². The molecule has 70 valence electrons. The Hall–Kier alpha value is -1.72. The summed E-state index contributed by atoms with van der Waals surface area (Å²) in [6, 6.07) is 0. The Morgan fingerprint density at radius 2 is 2.54 bits per heavy atom. The van der Waals surface area contributed by atoms with E-state index in [-0.39, 0.29) is 5.82 Å². The predicted octanol–water partition coefficient (Wildman–Crippen LogP) is 0.767. The molecule has 0 amide bonds. The topological polar surface area (TPSA) is 73.3 Å². The van der Waals surface area contributed by atoms with Crippen LogP contribution in [0.1, 0.15) is 12.7 Å². The van der Waals surface area contributed by atoms with Crippen LogP contribution >= 0.6 is 0 Å². The highest BCUT2D eigenvalue weighted by Gasteiger charge is 2.13. The van der Waals surface area contributed by atoms with E-state index in [2.05, 4.69) is 9.98 Å². The fourth-order valence-electron chi connectivity index (χ4n) is 0.877. The molecule has 0 aliphatic rings. The van der Waals surface area contributed by atoms with Gasteiger partial charge in [0.1, 0.15) is 6.20 Å². The molecule has 1 heterocycles. The summed E-state index contributed by atoms with van der Waals surface area (Å²) in [7, 11) is 1.59. The lowest BCUT2D eigenvalue weighted by Gasteiger charge is -1.93. The number of hydrogen-bond donors (Lipinski definition) is 0. The van der Waals surface area contributed by atoms with Gasteiger partial charge in [0.05, 0.1) is 13.3 Å². The molecule has 0 spiro atoms. The summed E-state index contributed by atoms with van der Waals surface area (Å²) in [6.45, 7) is 2.52. The maximum absolute atomic E-state index is 10.4. The van der Waals surface area contributed by atoms with E-state index >= 15 is 0 Å². The van der Waals surface area contributed by atoms with Crippen molar-refractivity contribution in [2.75, 3.05) is 6.54 Å². The Morgan fingerprint density at radius 1 is 1.85 bits per heavy atom. The molecule has 0 atom stereocenters. The van der Waals surface area contributed by atoms with Gasteiger partial charge < -0.3 is 10.1 Å². The van der Waals surface area contributed by atoms with Gasteiger partial charge in [0, 0.05) is 6.54 Å².